The topological polar surface area (TPSA) is 97.5 Å². The van der Waals surface area contributed by atoms with Crippen LogP contribution >= 0.6 is 0 Å². The van der Waals surface area contributed by atoms with Crippen LogP contribution in [0.1, 0.15) is 11.3 Å². The van der Waals surface area contributed by atoms with Crippen molar-refractivity contribution in [1.29, 1.82) is 0 Å². The lowest BCUT2D eigenvalue weighted by Crippen LogP contribution is -2.03. The van der Waals surface area contributed by atoms with Gasteiger partial charge in [0.15, 0.2) is 0 Å². The Morgan fingerprint density at radius 2 is 2.09 bits per heavy atom. The third-order valence-electron chi connectivity index (χ3n) is 3.05. The average molecular weight is 303 g/mol. The summed E-state index contributed by atoms with van der Waals surface area (Å²) in [5.41, 5.74) is 2.07. The summed E-state index contributed by atoms with van der Waals surface area (Å²) in [5.74, 6) is 1.24. The number of ether oxygens (including phenoxy) is 1. The number of nitrogens with one attached hydrogen (secondary N) is 1. The molecule has 2 aromatic rings. The normalized spacial score (nSPS) is 10.3. The molecule has 0 bridgehead atoms. The van der Waals surface area contributed by atoms with Crippen LogP contribution in [0.3, 0.4) is 0 Å². The van der Waals surface area contributed by atoms with Crippen molar-refractivity contribution in [2.45, 2.75) is 13.8 Å². The van der Waals surface area contributed by atoms with Crippen LogP contribution in [0.2, 0.25) is 0 Å². The average Bonchev–Trinajstić information content (AvgIpc) is 2.46. The molecule has 2 rings (SSSR count). The van der Waals surface area contributed by atoms with E-state index in [1.54, 1.807) is 19.1 Å². The second kappa shape index (κ2) is 6.86. The van der Waals surface area contributed by atoms with Crippen LogP contribution in [0, 0.1) is 24.0 Å². The highest BCUT2D eigenvalue weighted by atomic mass is 16.6. The molecule has 116 valence electrons. The minimum Gasteiger partial charge on any atom is -0.491 e. The summed E-state index contributed by atoms with van der Waals surface area (Å²) in [7, 11) is 0. The SMILES string of the molecule is Cc1cc(Nc2ccc([N+](=O)[O-])c(C)n2)ccc1OCCO. The van der Waals surface area contributed by atoms with Gasteiger partial charge in [-0.2, -0.15) is 0 Å². The lowest BCUT2D eigenvalue weighted by molar-refractivity contribution is -0.385. The largest absolute Gasteiger partial charge is 0.491 e. The van der Waals surface area contributed by atoms with Crippen molar-refractivity contribution in [3.05, 3.63) is 51.7 Å². The monoisotopic (exact) mass is 303 g/mol. The van der Waals surface area contributed by atoms with Crippen molar-refractivity contribution in [3.8, 4) is 5.75 Å². The zero-order valence-electron chi connectivity index (χ0n) is 12.4. The fourth-order valence-electron chi connectivity index (χ4n) is 2.01. The summed E-state index contributed by atoms with van der Waals surface area (Å²) in [6, 6.07) is 8.49. The number of hydrogen-bond acceptors (Lipinski definition) is 6. The van der Waals surface area contributed by atoms with Gasteiger partial charge in [0.1, 0.15) is 23.9 Å². The van der Waals surface area contributed by atoms with Crippen LogP contribution in [0.4, 0.5) is 17.2 Å². The Bertz CT molecular complexity index is 688. The molecule has 0 saturated carbocycles. The standard InChI is InChI=1S/C15H17N3O4/c1-10-9-12(3-5-14(10)22-8-7-19)17-15-6-4-13(18(20)21)11(2)16-15/h3-6,9,19H,7-8H2,1-2H3,(H,16,17). The number of anilines is 2. The molecule has 22 heavy (non-hydrogen) atoms. The maximum Gasteiger partial charge on any atom is 0.290 e. The summed E-state index contributed by atoms with van der Waals surface area (Å²) in [6.07, 6.45) is 0. The maximum absolute atomic E-state index is 10.8. The van der Waals surface area contributed by atoms with E-state index in [1.807, 2.05) is 19.1 Å². The molecular weight excluding hydrogens is 286 g/mol. The third kappa shape index (κ3) is 3.70. The fourth-order valence-corrected chi connectivity index (χ4v) is 2.01. The molecule has 0 saturated heterocycles. The van der Waals surface area contributed by atoms with Gasteiger partial charge < -0.3 is 15.2 Å². The van der Waals surface area contributed by atoms with E-state index in [0.717, 1.165) is 11.3 Å². The van der Waals surface area contributed by atoms with Gasteiger partial charge in [-0.3, -0.25) is 10.1 Å². The van der Waals surface area contributed by atoms with Crippen LogP contribution in [-0.2, 0) is 0 Å². The Hall–Kier alpha value is -2.67. The second-order valence-corrected chi connectivity index (χ2v) is 4.74. The van der Waals surface area contributed by atoms with Gasteiger partial charge >= 0.3 is 0 Å². The van der Waals surface area contributed by atoms with Crippen LogP contribution in [0.15, 0.2) is 30.3 Å². The van der Waals surface area contributed by atoms with E-state index in [0.29, 0.717) is 17.3 Å². The number of rotatable bonds is 6. The van der Waals surface area contributed by atoms with Crippen molar-refractivity contribution in [1.82, 2.24) is 4.98 Å². The predicted octanol–water partition coefficient (Wildman–Crippen LogP) is 2.72. The van der Waals surface area contributed by atoms with E-state index in [-0.39, 0.29) is 18.9 Å². The number of aliphatic hydroxyl groups excluding tert-OH is 1. The minimum atomic E-state index is -0.455. The van der Waals surface area contributed by atoms with Gasteiger partial charge in [-0.1, -0.05) is 0 Å². The molecule has 0 unspecified atom stereocenters. The number of aryl methyl sites for hydroxylation is 2. The number of hydrogen-bond donors (Lipinski definition) is 2. The smallest absolute Gasteiger partial charge is 0.290 e. The quantitative estimate of drug-likeness (QED) is 0.629. The molecule has 0 spiro atoms. The number of benzene rings is 1. The number of pyridine rings is 1. The van der Waals surface area contributed by atoms with Crippen LogP contribution in [0.5, 0.6) is 5.75 Å². The molecule has 0 amide bonds. The number of nitro groups is 1. The molecule has 0 radical (unpaired) electrons. The molecular formula is C15H17N3O4. The Morgan fingerprint density at radius 1 is 1.32 bits per heavy atom. The summed E-state index contributed by atoms with van der Waals surface area (Å²) in [4.78, 5) is 14.5. The molecule has 1 aromatic heterocycles. The number of nitrogens with zero attached hydrogens (tertiary/aromatic N) is 2. The van der Waals surface area contributed by atoms with Gasteiger partial charge in [-0.05, 0) is 43.7 Å². The van der Waals surface area contributed by atoms with Crippen molar-refractivity contribution < 1.29 is 14.8 Å². The van der Waals surface area contributed by atoms with Gasteiger partial charge in [0.05, 0.1) is 11.5 Å². The summed E-state index contributed by atoms with van der Waals surface area (Å²) in [6.45, 7) is 3.70. The van der Waals surface area contributed by atoms with Crippen LogP contribution in [-0.4, -0.2) is 28.2 Å². The highest BCUT2D eigenvalue weighted by molar-refractivity contribution is 5.60. The Kier molecular flexibility index (Phi) is 4.90. The molecule has 1 aromatic carbocycles. The van der Waals surface area contributed by atoms with E-state index >= 15 is 0 Å². The maximum atomic E-state index is 10.8. The van der Waals surface area contributed by atoms with Crippen LogP contribution in [0.25, 0.3) is 0 Å². The highest BCUT2D eigenvalue weighted by Crippen LogP contribution is 2.25. The van der Waals surface area contributed by atoms with E-state index in [4.69, 9.17) is 9.84 Å². The van der Waals surface area contributed by atoms with E-state index in [9.17, 15) is 10.1 Å². The molecule has 0 fully saturated rings. The van der Waals surface area contributed by atoms with Crippen molar-refractivity contribution in [2.24, 2.45) is 0 Å². The first-order chi connectivity index (χ1) is 10.5. The van der Waals surface area contributed by atoms with Crippen molar-refractivity contribution >= 4 is 17.2 Å². The highest BCUT2D eigenvalue weighted by Gasteiger charge is 2.12. The van der Waals surface area contributed by atoms with E-state index in [2.05, 4.69) is 10.3 Å². The fraction of sp³-hybridized carbons (Fsp3) is 0.267. The Balaban J connectivity index is 2.15. The molecule has 0 aliphatic rings. The third-order valence-corrected chi connectivity index (χ3v) is 3.05. The van der Waals surface area contributed by atoms with Gasteiger partial charge in [0, 0.05) is 11.8 Å². The van der Waals surface area contributed by atoms with Crippen molar-refractivity contribution in [2.75, 3.05) is 18.5 Å². The van der Waals surface area contributed by atoms with E-state index in [1.165, 1.54) is 6.07 Å². The molecule has 7 heteroatoms. The van der Waals surface area contributed by atoms with Gasteiger partial charge in [-0.25, -0.2) is 4.98 Å². The lowest BCUT2D eigenvalue weighted by atomic mass is 10.2. The second-order valence-electron chi connectivity index (χ2n) is 4.74. The van der Waals surface area contributed by atoms with Gasteiger partial charge in [-0.15, -0.1) is 0 Å². The van der Waals surface area contributed by atoms with Gasteiger partial charge in [0.25, 0.3) is 5.69 Å². The number of aromatic nitrogens is 1. The lowest BCUT2D eigenvalue weighted by Gasteiger charge is -2.11. The first kappa shape index (κ1) is 15.7. The van der Waals surface area contributed by atoms with Crippen LogP contribution < -0.4 is 10.1 Å². The first-order valence-corrected chi connectivity index (χ1v) is 6.74. The molecule has 2 N–H and O–H groups in total. The molecule has 7 nitrogen and oxygen atoms in total. The number of aliphatic hydroxyl groups is 1. The first-order valence-electron chi connectivity index (χ1n) is 6.74. The zero-order valence-corrected chi connectivity index (χ0v) is 12.4. The molecule has 0 atom stereocenters. The molecule has 0 aliphatic carbocycles. The zero-order chi connectivity index (χ0) is 16.1. The van der Waals surface area contributed by atoms with Crippen molar-refractivity contribution in [3.63, 3.8) is 0 Å². The van der Waals surface area contributed by atoms with E-state index < -0.39 is 4.92 Å². The van der Waals surface area contributed by atoms with Gasteiger partial charge in [0.2, 0.25) is 0 Å². The summed E-state index contributed by atoms with van der Waals surface area (Å²) in [5, 5.41) is 22.6. The molecule has 1 heterocycles. The minimum absolute atomic E-state index is 0.00511. The Labute approximate surface area is 127 Å². The summed E-state index contributed by atoms with van der Waals surface area (Å²) >= 11 is 0. The predicted molar refractivity (Wildman–Crippen MR) is 82.7 cm³/mol. The summed E-state index contributed by atoms with van der Waals surface area (Å²) < 4.78 is 5.38. The molecule has 0 aliphatic heterocycles. The Morgan fingerprint density at radius 3 is 2.68 bits per heavy atom.